The van der Waals surface area contributed by atoms with Gasteiger partial charge >= 0.3 is 6.03 Å². The Kier molecular flexibility index (Phi) is 5.26. The summed E-state index contributed by atoms with van der Waals surface area (Å²) in [5, 5.41) is 2.98. The number of likely N-dealkylation sites (N-methyl/N-ethyl adjacent to an activating group) is 1. The molecule has 1 aromatic carbocycles. The minimum Gasteiger partial charge on any atom is -0.497 e. The summed E-state index contributed by atoms with van der Waals surface area (Å²) in [6, 6.07) is 6.93. The van der Waals surface area contributed by atoms with E-state index in [-0.39, 0.29) is 11.9 Å². The molecule has 0 radical (unpaired) electrons. The molecule has 7 nitrogen and oxygen atoms in total. The lowest BCUT2D eigenvalue weighted by Crippen LogP contribution is -2.45. The minimum absolute atomic E-state index is 0.0275. The van der Waals surface area contributed by atoms with Crippen LogP contribution in [0, 0.1) is 0 Å². The number of benzene rings is 1. The van der Waals surface area contributed by atoms with E-state index >= 15 is 0 Å². The summed E-state index contributed by atoms with van der Waals surface area (Å²) < 4.78 is 5.22. The van der Waals surface area contributed by atoms with Gasteiger partial charge in [-0.05, 0) is 43.6 Å². The molecule has 0 saturated carbocycles. The number of urea groups is 1. The predicted molar refractivity (Wildman–Crippen MR) is 106 cm³/mol. The molecule has 1 saturated heterocycles. The highest BCUT2D eigenvalue weighted by Crippen LogP contribution is 2.36. The molecule has 0 unspecified atom stereocenters. The van der Waals surface area contributed by atoms with Gasteiger partial charge in [0.2, 0.25) is 0 Å². The lowest BCUT2D eigenvalue weighted by atomic mass is 9.95. The van der Waals surface area contributed by atoms with Gasteiger partial charge in [-0.1, -0.05) is 18.6 Å². The third-order valence-corrected chi connectivity index (χ3v) is 6.02. The Labute approximate surface area is 165 Å². The number of ether oxygens (including phenoxy) is 1. The van der Waals surface area contributed by atoms with Crippen molar-refractivity contribution in [3.63, 3.8) is 0 Å². The van der Waals surface area contributed by atoms with Gasteiger partial charge < -0.3 is 19.9 Å². The third-order valence-electron chi connectivity index (χ3n) is 6.02. The van der Waals surface area contributed by atoms with Crippen LogP contribution in [0.2, 0.25) is 0 Å². The van der Waals surface area contributed by atoms with Crippen molar-refractivity contribution in [2.45, 2.75) is 25.3 Å². The van der Waals surface area contributed by atoms with E-state index in [0.29, 0.717) is 18.7 Å². The van der Waals surface area contributed by atoms with Crippen molar-refractivity contribution in [2.75, 3.05) is 46.9 Å². The maximum absolute atomic E-state index is 13.2. The quantitative estimate of drug-likeness (QED) is 0.843. The first-order valence-electron chi connectivity index (χ1n) is 10.0. The SMILES string of the molecule is COc1ccc([C@H]2NC(=O)N(C)C3=C2C(=O)N(CCN2CCCCC2)C3)cc1. The maximum atomic E-state index is 13.2. The van der Waals surface area contributed by atoms with Crippen LogP contribution in [0.25, 0.3) is 0 Å². The zero-order valence-electron chi connectivity index (χ0n) is 16.6. The molecular weight excluding hydrogens is 356 g/mol. The Morgan fingerprint density at radius 1 is 1.07 bits per heavy atom. The molecule has 0 aliphatic carbocycles. The van der Waals surface area contributed by atoms with Gasteiger partial charge in [-0.2, -0.15) is 0 Å². The number of hydrogen-bond donors (Lipinski definition) is 1. The second kappa shape index (κ2) is 7.83. The van der Waals surface area contributed by atoms with Crippen molar-refractivity contribution >= 4 is 11.9 Å². The van der Waals surface area contributed by atoms with Crippen LogP contribution in [-0.4, -0.2) is 73.5 Å². The molecule has 3 heterocycles. The number of likely N-dealkylation sites (tertiary alicyclic amines) is 1. The van der Waals surface area contributed by atoms with Gasteiger partial charge in [-0.25, -0.2) is 4.79 Å². The Morgan fingerprint density at radius 2 is 1.79 bits per heavy atom. The standard InChI is InChI=1S/C21H28N4O3/c1-23-17-14-25(13-12-24-10-4-3-5-11-24)20(26)18(17)19(22-21(23)27)15-6-8-16(28-2)9-7-15/h6-9,19H,3-5,10-14H2,1-2H3,(H,22,27)/t19-/m1/s1. The molecule has 3 amide bonds. The van der Waals surface area contributed by atoms with Gasteiger partial charge in [0.1, 0.15) is 5.75 Å². The molecule has 1 N–H and O–H groups in total. The summed E-state index contributed by atoms with van der Waals surface area (Å²) in [6.45, 7) is 4.32. The third kappa shape index (κ3) is 3.46. The average molecular weight is 384 g/mol. The van der Waals surface area contributed by atoms with E-state index in [1.165, 1.54) is 19.3 Å². The smallest absolute Gasteiger partial charge is 0.322 e. The van der Waals surface area contributed by atoms with Crippen LogP contribution in [0.4, 0.5) is 4.79 Å². The molecule has 3 aliphatic heterocycles. The zero-order chi connectivity index (χ0) is 19.7. The minimum atomic E-state index is -0.419. The summed E-state index contributed by atoms with van der Waals surface area (Å²) in [5.41, 5.74) is 2.39. The fraction of sp³-hybridized carbons (Fsp3) is 0.524. The number of carbonyl (C=O) groups is 2. The highest BCUT2D eigenvalue weighted by atomic mass is 16.5. The van der Waals surface area contributed by atoms with Gasteiger partial charge in [-0.15, -0.1) is 0 Å². The summed E-state index contributed by atoms with van der Waals surface area (Å²) in [5.74, 6) is 0.776. The molecule has 1 fully saturated rings. The van der Waals surface area contributed by atoms with Crippen molar-refractivity contribution < 1.29 is 14.3 Å². The first kappa shape index (κ1) is 18.8. The Balaban J connectivity index is 1.53. The van der Waals surface area contributed by atoms with Crippen LogP contribution in [0.15, 0.2) is 35.5 Å². The number of nitrogens with zero attached hydrogens (tertiary/aromatic N) is 3. The molecule has 150 valence electrons. The van der Waals surface area contributed by atoms with Crippen LogP contribution >= 0.6 is 0 Å². The normalized spacial score (nSPS) is 23.1. The van der Waals surface area contributed by atoms with Crippen molar-refractivity contribution in [2.24, 2.45) is 0 Å². The molecule has 1 aromatic rings. The lowest BCUT2D eigenvalue weighted by molar-refractivity contribution is -0.126. The number of amides is 3. The maximum Gasteiger partial charge on any atom is 0.322 e. The molecule has 7 heteroatoms. The number of rotatable bonds is 5. The summed E-state index contributed by atoms with van der Waals surface area (Å²) in [4.78, 5) is 31.6. The summed E-state index contributed by atoms with van der Waals surface area (Å²) in [6.07, 6.45) is 3.78. The monoisotopic (exact) mass is 384 g/mol. The largest absolute Gasteiger partial charge is 0.497 e. The fourth-order valence-corrected chi connectivity index (χ4v) is 4.30. The van der Waals surface area contributed by atoms with Gasteiger partial charge in [-0.3, -0.25) is 9.69 Å². The van der Waals surface area contributed by atoms with Gasteiger partial charge in [0.15, 0.2) is 0 Å². The van der Waals surface area contributed by atoms with Crippen LogP contribution in [-0.2, 0) is 4.79 Å². The first-order valence-corrected chi connectivity index (χ1v) is 10.0. The Morgan fingerprint density at radius 3 is 2.46 bits per heavy atom. The lowest BCUT2D eigenvalue weighted by Gasteiger charge is -2.31. The van der Waals surface area contributed by atoms with E-state index in [9.17, 15) is 9.59 Å². The summed E-state index contributed by atoms with van der Waals surface area (Å²) >= 11 is 0. The molecule has 1 atom stereocenters. The molecule has 3 aliphatic rings. The van der Waals surface area contributed by atoms with E-state index in [0.717, 1.165) is 36.6 Å². The van der Waals surface area contributed by atoms with E-state index in [4.69, 9.17) is 4.74 Å². The molecule has 4 rings (SSSR count). The van der Waals surface area contributed by atoms with E-state index in [2.05, 4.69) is 10.2 Å². The second-order valence-electron chi connectivity index (χ2n) is 7.70. The van der Waals surface area contributed by atoms with Crippen LogP contribution in [0.3, 0.4) is 0 Å². The topological polar surface area (TPSA) is 65.1 Å². The average Bonchev–Trinajstić information content (AvgIpc) is 3.07. The fourth-order valence-electron chi connectivity index (χ4n) is 4.30. The second-order valence-corrected chi connectivity index (χ2v) is 7.70. The van der Waals surface area contributed by atoms with Crippen LogP contribution in [0.5, 0.6) is 5.75 Å². The molecule has 0 spiro atoms. The van der Waals surface area contributed by atoms with Crippen LogP contribution < -0.4 is 10.1 Å². The number of methoxy groups -OCH3 is 1. The Hall–Kier alpha value is -2.54. The van der Waals surface area contributed by atoms with Crippen LogP contribution in [0.1, 0.15) is 30.9 Å². The number of carbonyl (C=O) groups excluding carboxylic acids is 2. The Bertz CT molecular complexity index is 783. The highest BCUT2D eigenvalue weighted by molar-refractivity contribution is 6.01. The van der Waals surface area contributed by atoms with Crippen molar-refractivity contribution in [1.82, 2.24) is 20.0 Å². The number of piperidine rings is 1. The van der Waals surface area contributed by atoms with E-state index < -0.39 is 6.04 Å². The van der Waals surface area contributed by atoms with Crippen molar-refractivity contribution in [3.8, 4) is 5.75 Å². The number of hydrogen-bond acceptors (Lipinski definition) is 4. The molecule has 0 bridgehead atoms. The van der Waals surface area contributed by atoms with E-state index in [1.54, 1.807) is 19.1 Å². The predicted octanol–water partition coefficient (Wildman–Crippen LogP) is 1.97. The first-order chi connectivity index (χ1) is 13.6. The molecule has 0 aromatic heterocycles. The number of nitrogens with one attached hydrogen (secondary N) is 1. The summed E-state index contributed by atoms with van der Waals surface area (Å²) in [7, 11) is 3.35. The highest BCUT2D eigenvalue weighted by Gasteiger charge is 2.42. The van der Waals surface area contributed by atoms with Crippen molar-refractivity contribution in [3.05, 3.63) is 41.1 Å². The van der Waals surface area contributed by atoms with Gasteiger partial charge in [0.25, 0.3) is 5.91 Å². The molecule has 28 heavy (non-hydrogen) atoms. The van der Waals surface area contributed by atoms with Gasteiger partial charge in [0, 0.05) is 20.1 Å². The molecular formula is C21H28N4O3. The van der Waals surface area contributed by atoms with Gasteiger partial charge in [0.05, 0.1) is 31.0 Å². The van der Waals surface area contributed by atoms with E-state index in [1.807, 2.05) is 29.2 Å². The van der Waals surface area contributed by atoms with Crippen molar-refractivity contribution in [1.29, 1.82) is 0 Å². The zero-order valence-corrected chi connectivity index (χ0v) is 16.6.